The molecule has 1 N–H and O–H groups in total. The number of hydrogen-bond acceptors (Lipinski definition) is 5. The van der Waals surface area contributed by atoms with Crippen LogP contribution in [0.15, 0.2) is 43.5 Å². The van der Waals surface area contributed by atoms with Crippen LogP contribution in [-0.4, -0.2) is 82.7 Å². The second kappa shape index (κ2) is 10.1. The van der Waals surface area contributed by atoms with E-state index in [4.69, 9.17) is 16.3 Å². The number of carbonyl (C=O) groups excluding carboxylic acids is 3. The normalized spacial score (nSPS) is 32.2. The molecular weight excluding hydrogens is 506 g/mol. The van der Waals surface area contributed by atoms with Crippen LogP contribution in [0.4, 0.5) is 5.69 Å². The number of aliphatic hydroxyl groups excluding tert-OH is 1. The number of hydrogen-bond donors (Lipinski definition) is 1. The van der Waals surface area contributed by atoms with Crippen LogP contribution in [0.1, 0.15) is 32.8 Å². The molecule has 1 aromatic rings. The number of carbonyl (C=O) groups is 3. The summed E-state index contributed by atoms with van der Waals surface area (Å²) in [5.41, 5.74) is -0.823. The van der Waals surface area contributed by atoms with Crippen molar-refractivity contribution >= 4 is 35.0 Å². The maximum absolute atomic E-state index is 14.6. The van der Waals surface area contributed by atoms with Crippen molar-refractivity contribution < 1.29 is 24.2 Å². The van der Waals surface area contributed by atoms with Crippen LogP contribution in [-0.2, 0) is 19.1 Å². The maximum atomic E-state index is 14.6. The lowest BCUT2D eigenvalue weighted by Crippen LogP contribution is -2.59. The minimum Gasteiger partial charge on any atom is -0.394 e. The molecule has 3 amide bonds. The van der Waals surface area contributed by atoms with Crippen molar-refractivity contribution in [1.82, 2.24) is 9.80 Å². The van der Waals surface area contributed by atoms with E-state index in [1.807, 2.05) is 32.9 Å². The SMILES string of the molecule is C=CCN(C)C(=O)[C@@H]1[C@H]2C(=O)N([C@H](C)CO)C(C(=O)N(CC=C)c3c(C)cccc3Cl)C23CC(C)[C@@]1(C)O3. The van der Waals surface area contributed by atoms with E-state index in [-0.39, 0.29) is 36.8 Å². The first-order chi connectivity index (χ1) is 17.9. The van der Waals surface area contributed by atoms with Crippen molar-refractivity contribution in [2.75, 3.05) is 31.6 Å². The predicted molar refractivity (Wildman–Crippen MR) is 147 cm³/mol. The second-order valence-corrected chi connectivity index (χ2v) is 11.5. The molecule has 3 unspecified atom stereocenters. The van der Waals surface area contributed by atoms with Gasteiger partial charge in [-0.05, 0) is 44.7 Å². The fourth-order valence-corrected chi connectivity index (χ4v) is 7.27. The van der Waals surface area contributed by atoms with E-state index in [0.717, 1.165) is 5.56 Å². The van der Waals surface area contributed by atoms with Gasteiger partial charge in [0.1, 0.15) is 11.6 Å². The summed E-state index contributed by atoms with van der Waals surface area (Å²) in [7, 11) is 1.68. The Hall–Kier alpha value is -2.68. The molecule has 3 fully saturated rings. The Labute approximate surface area is 229 Å². The highest BCUT2D eigenvalue weighted by Gasteiger charge is 2.80. The Morgan fingerprint density at radius 3 is 2.53 bits per heavy atom. The molecule has 0 aliphatic carbocycles. The number of anilines is 1. The molecule has 9 heteroatoms. The molecule has 3 heterocycles. The van der Waals surface area contributed by atoms with E-state index in [1.54, 1.807) is 42.0 Å². The molecule has 3 aliphatic heterocycles. The molecule has 206 valence electrons. The van der Waals surface area contributed by atoms with Crippen molar-refractivity contribution in [1.29, 1.82) is 0 Å². The summed E-state index contributed by atoms with van der Waals surface area (Å²) in [6.07, 6.45) is 3.68. The lowest BCUT2D eigenvalue weighted by atomic mass is 9.62. The van der Waals surface area contributed by atoms with Crippen molar-refractivity contribution in [2.45, 2.75) is 57.4 Å². The number of amides is 3. The number of likely N-dealkylation sites (N-methyl/N-ethyl adjacent to an activating group) is 1. The fraction of sp³-hybridized carbons (Fsp3) is 0.552. The number of aliphatic hydroxyl groups is 1. The average Bonchev–Trinajstić information content (AvgIpc) is 3.38. The molecule has 3 aliphatic rings. The molecule has 0 aromatic heterocycles. The minimum absolute atomic E-state index is 0.0905. The van der Waals surface area contributed by atoms with E-state index in [9.17, 15) is 19.5 Å². The third kappa shape index (κ3) is 3.91. The molecule has 38 heavy (non-hydrogen) atoms. The van der Waals surface area contributed by atoms with Crippen LogP contribution in [0.25, 0.3) is 0 Å². The number of likely N-dealkylation sites (tertiary alicyclic amines) is 1. The van der Waals surface area contributed by atoms with Crippen LogP contribution in [0.5, 0.6) is 0 Å². The number of halogens is 1. The highest BCUT2D eigenvalue weighted by atomic mass is 35.5. The summed E-state index contributed by atoms with van der Waals surface area (Å²) in [6.45, 7) is 15.2. The number of ether oxygens (including phenoxy) is 1. The van der Waals surface area contributed by atoms with Gasteiger partial charge in [0.2, 0.25) is 11.8 Å². The Balaban J connectivity index is 1.89. The molecular formula is C29H38ClN3O5. The van der Waals surface area contributed by atoms with Gasteiger partial charge >= 0.3 is 0 Å². The number of para-hydroxylation sites is 1. The first-order valence-electron chi connectivity index (χ1n) is 13.1. The second-order valence-electron chi connectivity index (χ2n) is 11.1. The summed E-state index contributed by atoms with van der Waals surface area (Å²) >= 11 is 6.59. The zero-order valence-corrected chi connectivity index (χ0v) is 23.6. The Bertz CT molecular complexity index is 1150. The predicted octanol–water partition coefficient (Wildman–Crippen LogP) is 3.20. The van der Waals surface area contributed by atoms with Gasteiger partial charge in [-0.3, -0.25) is 14.4 Å². The van der Waals surface area contributed by atoms with Gasteiger partial charge in [0.25, 0.3) is 5.91 Å². The van der Waals surface area contributed by atoms with Crippen LogP contribution in [0, 0.1) is 24.7 Å². The van der Waals surface area contributed by atoms with Crippen LogP contribution >= 0.6 is 11.6 Å². The quantitative estimate of drug-likeness (QED) is 0.483. The molecule has 7 atom stereocenters. The van der Waals surface area contributed by atoms with Gasteiger partial charge in [-0.25, -0.2) is 0 Å². The minimum atomic E-state index is -1.23. The first-order valence-corrected chi connectivity index (χ1v) is 13.5. The fourth-order valence-electron chi connectivity index (χ4n) is 6.95. The number of aryl methyl sites for hydroxylation is 1. The first kappa shape index (κ1) is 28.3. The van der Waals surface area contributed by atoms with Gasteiger partial charge in [-0.2, -0.15) is 0 Å². The number of nitrogens with zero attached hydrogens (tertiary/aromatic N) is 3. The van der Waals surface area contributed by atoms with E-state index in [1.165, 1.54) is 4.90 Å². The van der Waals surface area contributed by atoms with E-state index in [0.29, 0.717) is 23.7 Å². The van der Waals surface area contributed by atoms with Crippen LogP contribution in [0.2, 0.25) is 5.02 Å². The van der Waals surface area contributed by atoms with E-state index >= 15 is 0 Å². The maximum Gasteiger partial charge on any atom is 0.253 e. The Morgan fingerprint density at radius 2 is 1.95 bits per heavy atom. The summed E-state index contributed by atoms with van der Waals surface area (Å²) < 4.78 is 6.78. The molecule has 0 saturated carbocycles. The monoisotopic (exact) mass is 543 g/mol. The molecule has 4 rings (SSSR count). The van der Waals surface area contributed by atoms with Crippen molar-refractivity contribution in [3.8, 4) is 0 Å². The largest absolute Gasteiger partial charge is 0.394 e. The smallest absolute Gasteiger partial charge is 0.253 e. The third-order valence-electron chi connectivity index (χ3n) is 8.81. The molecule has 8 nitrogen and oxygen atoms in total. The van der Waals surface area contributed by atoms with Crippen molar-refractivity contribution in [3.63, 3.8) is 0 Å². The van der Waals surface area contributed by atoms with E-state index in [2.05, 4.69) is 13.2 Å². The molecule has 0 radical (unpaired) electrons. The topological polar surface area (TPSA) is 90.4 Å². The van der Waals surface area contributed by atoms with Gasteiger partial charge in [0, 0.05) is 20.1 Å². The number of benzene rings is 1. The van der Waals surface area contributed by atoms with Gasteiger partial charge in [-0.15, -0.1) is 13.2 Å². The van der Waals surface area contributed by atoms with Gasteiger partial charge < -0.3 is 24.5 Å². The highest BCUT2D eigenvalue weighted by Crippen LogP contribution is 2.65. The van der Waals surface area contributed by atoms with Crippen molar-refractivity contribution in [3.05, 3.63) is 54.1 Å². The lowest BCUT2D eigenvalue weighted by molar-refractivity contribution is -0.152. The van der Waals surface area contributed by atoms with Gasteiger partial charge in [0.05, 0.1) is 40.8 Å². The molecule has 3 saturated heterocycles. The Kier molecular flexibility index (Phi) is 7.55. The summed E-state index contributed by atoms with van der Waals surface area (Å²) in [6, 6.07) is 3.68. The highest BCUT2D eigenvalue weighted by molar-refractivity contribution is 6.34. The van der Waals surface area contributed by atoms with Gasteiger partial charge in [0.15, 0.2) is 0 Å². The van der Waals surface area contributed by atoms with Gasteiger partial charge in [-0.1, -0.05) is 42.8 Å². The van der Waals surface area contributed by atoms with Crippen molar-refractivity contribution in [2.24, 2.45) is 17.8 Å². The van der Waals surface area contributed by atoms with Crippen LogP contribution < -0.4 is 4.90 Å². The number of fused-ring (bicyclic) bond motifs is 1. The number of rotatable bonds is 9. The van der Waals surface area contributed by atoms with Crippen LogP contribution in [0.3, 0.4) is 0 Å². The summed E-state index contributed by atoms with van der Waals surface area (Å²) in [5, 5.41) is 10.5. The zero-order chi connectivity index (χ0) is 28.2. The summed E-state index contributed by atoms with van der Waals surface area (Å²) in [5.74, 6) is -2.66. The average molecular weight is 544 g/mol. The van der Waals surface area contributed by atoms with E-state index < -0.39 is 35.1 Å². The Morgan fingerprint density at radius 1 is 1.29 bits per heavy atom. The molecule has 1 spiro atoms. The standard InChI is InChI=1S/C29H38ClN3O5/c1-8-13-31(7)25(35)21-22-26(36)33(19(5)16-34)24(29(22)15-18(4)28(21,6)38-29)27(37)32(14-9-2)23-17(3)11-10-12-20(23)30/h8-12,18-19,21-22,24,34H,1-2,13-16H2,3-7H3/t18?,19-,21+,22+,24?,28-,29?/m1/s1. The summed E-state index contributed by atoms with van der Waals surface area (Å²) in [4.78, 5) is 47.1. The lowest BCUT2D eigenvalue weighted by Gasteiger charge is -2.39. The molecule has 2 bridgehead atoms. The third-order valence-corrected chi connectivity index (χ3v) is 9.11. The zero-order valence-electron chi connectivity index (χ0n) is 22.8. The molecule has 1 aromatic carbocycles.